The van der Waals surface area contributed by atoms with Gasteiger partial charge in [0, 0.05) is 38.2 Å². The molecule has 7 nitrogen and oxygen atoms in total. The van der Waals surface area contributed by atoms with Crippen molar-refractivity contribution in [2.75, 3.05) is 20.2 Å². The van der Waals surface area contributed by atoms with Crippen LogP contribution in [-0.2, 0) is 34.9 Å². The number of rotatable bonds is 13. The molecule has 0 bridgehead atoms. The number of aromatic nitrogens is 2. The first-order valence-electron chi connectivity index (χ1n) is 13.6. The molecule has 7 heteroatoms. The fourth-order valence-electron chi connectivity index (χ4n) is 5.72. The van der Waals surface area contributed by atoms with Crippen molar-refractivity contribution in [3.8, 4) is 5.75 Å². The first-order chi connectivity index (χ1) is 18.3. The molecular formula is C31H40N4O3. The summed E-state index contributed by atoms with van der Waals surface area (Å²) >= 11 is 0. The van der Waals surface area contributed by atoms with E-state index >= 15 is 0 Å². The number of carbonyl (C=O) groups excluding carboxylic acids is 2. The zero-order valence-corrected chi connectivity index (χ0v) is 22.8. The first-order valence-corrected chi connectivity index (χ1v) is 13.6. The molecule has 0 saturated carbocycles. The lowest BCUT2D eigenvalue weighted by Gasteiger charge is -2.52. The number of hydrogen-bond donors (Lipinski definition) is 1. The van der Waals surface area contributed by atoms with Crippen LogP contribution in [0.15, 0.2) is 67.1 Å². The predicted molar refractivity (Wildman–Crippen MR) is 149 cm³/mol. The molecule has 4 rings (SSSR count). The van der Waals surface area contributed by atoms with Crippen molar-refractivity contribution in [1.29, 1.82) is 0 Å². The van der Waals surface area contributed by atoms with Crippen LogP contribution < -0.4 is 10.5 Å². The number of imidazole rings is 1. The highest BCUT2D eigenvalue weighted by atomic mass is 16.5. The van der Waals surface area contributed by atoms with E-state index in [1.54, 1.807) is 13.4 Å². The molecule has 202 valence electrons. The third-order valence-corrected chi connectivity index (χ3v) is 7.91. The lowest BCUT2D eigenvalue weighted by Crippen LogP contribution is -2.63. The van der Waals surface area contributed by atoms with E-state index in [2.05, 4.69) is 36.2 Å². The molecule has 0 aliphatic carbocycles. The van der Waals surface area contributed by atoms with E-state index in [0.717, 1.165) is 36.3 Å². The van der Waals surface area contributed by atoms with Gasteiger partial charge in [-0.3, -0.25) is 9.59 Å². The fourth-order valence-corrected chi connectivity index (χ4v) is 5.72. The summed E-state index contributed by atoms with van der Waals surface area (Å²) in [6.45, 7) is 3.53. The normalized spacial score (nSPS) is 15.9. The molecule has 38 heavy (non-hydrogen) atoms. The minimum Gasteiger partial charge on any atom is -0.497 e. The van der Waals surface area contributed by atoms with Crippen LogP contribution in [0.5, 0.6) is 5.75 Å². The Balaban J connectivity index is 1.59. The molecular weight excluding hydrogens is 476 g/mol. The summed E-state index contributed by atoms with van der Waals surface area (Å²) in [7, 11) is 3.51. The summed E-state index contributed by atoms with van der Waals surface area (Å²) in [6.07, 6.45) is 8.85. The van der Waals surface area contributed by atoms with Gasteiger partial charge in [0.1, 0.15) is 5.75 Å². The average Bonchev–Trinajstić information content (AvgIpc) is 3.32. The molecule has 1 aromatic heterocycles. The van der Waals surface area contributed by atoms with Crippen LogP contribution in [0.1, 0.15) is 49.4 Å². The topological polar surface area (TPSA) is 90.4 Å². The van der Waals surface area contributed by atoms with E-state index in [1.165, 1.54) is 12.0 Å². The maximum atomic E-state index is 14.1. The molecule has 0 radical (unpaired) electrons. The molecule has 1 fully saturated rings. The molecule has 1 aliphatic heterocycles. The number of hydrogen-bond acceptors (Lipinski definition) is 4. The summed E-state index contributed by atoms with van der Waals surface area (Å²) < 4.78 is 7.14. The highest BCUT2D eigenvalue weighted by molar-refractivity contribution is 5.88. The highest BCUT2D eigenvalue weighted by Crippen LogP contribution is 2.41. The zero-order valence-electron chi connectivity index (χ0n) is 22.8. The van der Waals surface area contributed by atoms with Gasteiger partial charge in [0.05, 0.1) is 31.0 Å². The van der Waals surface area contributed by atoms with Crippen LogP contribution in [0, 0.1) is 11.8 Å². The standard InChI is InChI=1S/C31H40N4O3/c1-4-5-9-16-31(24-10-7-6-8-11-24)20-35(21-31)30(37)28(17-23-12-14-26(38-3)15-13-23)27(29(32)36)18-25-19-34(2)22-33-25/h6-8,10-15,19,22,27-28H,4-5,9,16-18,20-21H2,1-3H3,(H2,32,36)/t27?,28-/m1/s1. The van der Waals surface area contributed by atoms with Crippen LogP contribution in [0.2, 0.25) is 0 Å². The van der Waals surface area contributed by atoms with Gasteiger partial charge in [0.15, 0.2) is 0 Å². The molecule has 1 saturated heterocycles. The second kappa shape index (κ2) is 12.3. The SMILES string of the molecule is CCCCCC1(c2ccccc2)CN(C(=O)[C@H](Cc2ccc(OC)cc2)C(Cc2cn(C)cn2)C(N)=O)C1. The predicted octanol–water partition coefficient (Wildman–Crippen LogP) is 4.29. The summed E-state index contributed by atoms with van der Waals surface area (Å²) in [5, 5.41) is 0. The van der Waals surface area contributed by atoms with Crippen LogP contribution >= 0.6 is 0 Å². The van der Waals surface area contributed by atoms with Gasteiger partial charge in [-0.25, -0.2) is 4.98 Å². The summed E-state index contributed by atoms with van der Waals surface area (Å²) in [5.74, 6) is -0.972. The van der Waals surface area contributed by atoms with Crippen molar-refractivity contribution < 1.29 is 14.3 Å². The van der Waals surface area contributed by atoms with Crippen LogP contribution in [0.3, 0.4) is 0 Å². The number of primary amides is 1. The van der Waals surface area contributed by atoms with Gasteiger partial charge in [0.2, 0.25) is 11.8 Å². The molecule has 2 N–H and O–H groups in total. The van der Waals surface area contributed by atoms with E-state index in [1.807, 2.05) is 53.0 Å². The maximum absolute atomic E-state index is 14.1. The van der Waals surface area contributed by atoms with Gasteiger partial charge < -0.3 is 19.9 Å². The van der Waals surface area contributed by atoms with E-state index < -0.39 is 17.7 Å². The number of unbranched alkanes of at least 4 members (excludes halogenated alkanes) is 2. The average molecular weight is 517 g/mol. The summed E-state index contributed by atoms with van der Waals surface area (Å²) in [4.78, 5) is 33.2. The lowest BCUT2D eigenvalue weighted by atomic mass is 9.69. The van der Waals surface area contributed by atoms with E-state index in [-0.39, 0.29) is 11.3 Å². The molecule has 2 aromatic carbocycles. The Bertz CT molecular complexity index is 1200. The molecule has 2 atom stereocenters. The molecule has 0 spiro atoms. The van der Waals surface area contributed by atoms with Crippen LogP contribution in [0.25, 0.3) is 0 Å². The summed E-state index contributed by atoms with van der Waals surface area (Å²) in [5.41, 5.74) is 8.91. The Kier molecular flexibility index (Phi) is 8.87. The minimum absolute atomic E-state index is 0.0115. The Labute approximate surface area is 226 Å². The number of likely N-dealkylation sites (tertiary alicyclic amines) is 1. The minimum atomic E-state index is -0.661. The van der Waals surface area contributed by atoms with Crippen molar-refractivity contribution in [3.05, 3.63) is 83.9 Å². The van der Waals surface area contributed by atoms with Crippen LogP contribution in [-0.4, -0.2) is 46.5 Å². The Morgan fingerprint density at radius 1 is 1.03 bits per heavy atom. The van der Waals surface area contributed by atoms with Crippen molar-refractivity contribution in [2.24, 2.45) is 24.6 Å². The van der Waals surface area contributed by atoms with Gasteiger partial charge in [-0.15, -0.1) is 0 Å². The molecule has 1 aliphatic rings. The van der Waals surface area contributed by atoms with Crippen LogP contribution in [0.4, 0.5) is 0 Å². The van der Waals surface area contributed by atoms with Gasteiger partial charge >= 0.3 is 0 Å². The number of benzene rings is 2. The van der Waals surface area contributed by atoms with Crippen molar-refractivity contribution >= 4 is 11.8 Å². The number of nitrogens with zero attached hydrogens (tertiary/aromatic N) is 3. The number of methoxy groups -OCH3 is 1. The molecule has 2 heterocycles. The number of nitrogens with two attached hydrogens (primary N) is 1. The van der Waals surface area contributed by atoms with Gasteiger partial charge in [-0.2, -0.15) is 0 Å². The van der Waals surface area contributed by atoms with Crippen molar-refractivity contribution in [3.63, 3.8) is 0 Å². The smallest absolute Gasteiger partial charge is 0.226 e. The first kappa shape index (κ1) is 27.4. The molecule has 1 unspecified atom stereocenters. The Morgan fingerprint density at radius 2 is 1.74 bits per heavy atom. The van der Waals surface area contributed by atoms with Crippen molar-refractivity contribution in [1.82, 2.24) is 14.5 Å². The van der Waals surface area contributed by atoms with Gasteiger partial charge in [0.25, 0.3) is 0 Å². The van der Waals surface area contributed by atoms with Crippen molar-refractivity contribution in [2.45, 2.75) is 50.9 Å². The third kappa shape index (κ3) is 6.26. The molecule has 3 aromatic rings. The molecule has 2 amide bonds. The monoisotopic (exact) mass is 516 g/mol. The summed E-state index contributed by atoms with van der Waals surface area (Å²) in [6, 6.07) is 18.2. The number of carbonyl (C=O) groups is 2. The second-order valence-electron chi connectivity index (χ2n) is 10.7. The fraction of sp³-hybridized carbons (Fsp3) is 0.452. The largest absolute Gasteiger partial charge is 0.497 e. The highest BCUT2D eigenvalue weighted by Gasteiger charge is 2.48. The second-order valence-corrected chi connectivity index (χ2v) is 10.7. The van der Waals surface area contributed by atoms with E-state index in [9.17, 15) is 9.59 Å². The van der Waals surface area contributed by atoms with Gasteiger partial charge in [-0.05, 0) is 36.1 Å². The number of ether oxygens (including phenoxy) is 1. The van der Waals surface area contributed by atoms with E-state index in [4.69, 9.17) is 10.5 Å². The Hall–Kier alpha value is -3.61. The Morgan fingerprint density at radius 3 is 2.32 bits per heavy atom. The zero-order chi connectivity index (χ0) is 27.1. The lowest BCUT2D eigenvalue weighted by molar-refractivity contribution is -0.148. The quantitative estimate of drug-likeness (QED) is 0.343. The maximum Gasteiger partial charge on any atom is 0.226 e. The van der Waals surface area contributed by atoms with Gasteiger partial charge in [-0.1, -0.05) is 68.7 Å². The van der Waals surface area contributed by atoms with E-state index in [0.29, 0.717) is 25.9 Å². The number of aryl methyl sites for hydroxylation is 1. The number of amides is 2. The third-order valence-electron chi connectivity index (χ3n) is 7.91.